The molecule has 0 aromatic rings. The molecule has 0 atom stereocenters. The van der Waals surface area contributed by atoms with E-state index in [1.54, 1.807) is 0 Å². The molecule has 0 unspecified atom stereocenters. The summed E-state index contributed by atoms with van der Waals surface area (Å²) < 4.78 is 24.0. The number of nitrogens with one attached hydrogen (secondary N) is 1. The third-order valence-corrected chi connectivity index (χ3v) is 4.13. The largest absolute Gasteiger partial charge is 0.221 e. The molecule has 0 aromatic heterocycles. The third-order valence-electron chi connectivity index (χ3n) is 1.43. The van der Waals surface area contributed by atoms with E-state index in [1.807, 2.05) is 0 Å². The average Bonchev–Trinajstić information content (AvgIpc) is 2.66. The van der Waals surface area contributed by atoms with Crippen molar-refractivity contribution in [2.75, 3.05) is 11.2 Å². The van der Waals surface area contributed by atoms with Crippen molar-refractivity contribution in [3.8, 4) is 0 Å². The Morgan fingerprint density at radius 2 is 2.10 bits per heavy atom. The summed E-state index contributed by atoms with van der Waals surface area (Å²) in [6.07, 6.45) is 2.34. The Morgan fingerprint density at radius 3 is 2.50 bits per heavy atom. The van der Waals surface area contributed by atoms with Crippen LogP contribution in [0.1, 0.15) is 12.8 Å². The maximum atomic E-state index is 10.8. The van der Waals surface area contributed by atoms with E-state index >= 15 is 0 Å². The minimum absolute atomic E-state index is 0.00667. The summed E-state index contributed by atoms with van der Waals surface area (Å²) in [4.78, 5) is 0. The van der Waals surface area contributed by atoms with E-state index in [2.05, 4.69) is 20.7 Å². The first-order valence-electron chi connectivity index (χ1n) is 3.17. The summed E-state index contributed by atoms with van der Waals surface area (Å²) >= 11 is 2.89. The van der Waals surface area contributed by atoms with Crippen LogP contribution in [-0.4, -0.2) is 19.6 Å². The van der Waals surface area contributed by atoms with E-state index in [4.69, 9.17) is 0 Å². The van der Waals surface area contributed by atoms with Crippen LogP contribution in [-0.2, 0) is 10.0 Å². The highest BCUT2D eigenvalue weighted by Gasteiger charge is 2.22. The van der Waals surface area contributed by atoms with Crippen LogP contribution in [0.25, 0.3) is 0 Å². The van der Waals surface area contributed by atoms with Gasteiger partial charge in [-0.1, -0.05) is 15.9 Å². The van der Waals surface area contributed by atoms with E-state index in [1.165, 1.54) is 12.8 Å². The van der Waals surface area contributed by atoms with Gasteiger partial charge < -0.3 is 0 Å². The summed E-state index contributed by atoms with van der Waals surface area (Å²) in [5.74, 6) is 0.605. The summed E-state index contributed by atoms with van der Waals surface area (Å²) in [7, 11) is -3.01. The number of hydrogen-bond donors (Lipinski definition) is 1. The van der Waals surface area contributed by atoms with E-state index in [-0.39, 0.29) is 4.66 Å². The highest BCUT2D eigenvalue weighted by atomic mass is 79.9. The van der Waals surface area contributed by atoms with Crippen molar-refractivity contribution in [2.45, 2.75) is 12.8 Å². The van der Waals surface area contributed by atoms with Crippen LogP contribution in [0.15, 0.2) is 0 Å². The molecule has 60 valence electrons. The van der Waals surface area contributed by atoms with Gasteiger partial charge in [0.15, 0.2) is 0 Å². The van der Waals surface area contributed by atoms with Crippen LogP contribution in [0.2, 0.25) is 0 Å². The Kier molecular flexibility index (Phi) is 2.71. The van der Waals surface area contributed by atoms with Crippen LogP contribution in [0.4, 0.5) is 0 Å². The molecule has 0 radical (unpaired) electrons. The summed E-state index contributed by atoms with van der Waals surface area (Å²) in [5.41, 5.74) is 0. The Hall–Kier alpha value is 0.390. The van der Waals surface area contributed by atoms with Gasteiger partial charge in [0.05, 0.1) is 0 Å². The zero-order chi connectivity index (χ0) is 7.61. The van der Waals surface area contributed by atoms with Crippen molar-refractivity contribution in [2.24, 2.45) is 5.92 Å². The second kappa shape index (κ2) is 3.19. The quantitative estimate of drug-likeness (QED) is 0.719. The Morgan fingerprint density at radius 1 is 1.50 bits per heavy atom. The monoisotopic (exact) mass is 227 g/mol. The smallest absolute Gasteiger partial charge is 0.214 e. The molecule has 1 aliphatic rings. The predicted octanol–water partition coefficient (Wildman–Crippen LogP) is 0.668. The zero-order valence-electron chi connectivity index (χ0n) is 5.51. The van der Waals surface area contributed by atoms with E-state index in [0.29, 0.717) is 12.5 Å². The zero-order valence-corrected chi connectivity index (χ0v) is 7.91. The SMILES string of the molecule is O=S(=O)(CBr)NCC1CC1. The number of sulfonamides is 1. The highest BCUT2D eigenvalue weighted by molar-refractivity contribution is 9.10. The molecule has 3 nitrogen and oxygen atoms in total. The van der Waals surface area contributed by atoms with Crippen molar-refractivity contribution in [3.63, 3.8) is 0 Å². The van der Waals surface area contributed by atoms with Gasteiger partial charge in [-0.25, -0.2) is 13.1 Å². The number of alkyl halides is 1. The molecule has 1 rings (SSSR count). The molecule has 5 heteroatoms. The Labute approximate surface area is 69.4 Å². The lowest BCUT2D eigenvalue weighted by Gasteiger charge is -1.99. The van der Waals surface area contributed by atoms with Crippen molar-refractivity contribution >= 4 is 26.0 Å². The summed E-state index contributed by atoms with van der Waals surface area (Å²) in [6.45, 7) is 0.619. The topological polar surface area (TPSA) is 46.2 Å². The summed E-state index contributed by atoms with van der Waals surface area (Å²) in [6, 6.07) is 0. The maximum Gasteiger partial charge on any atom is 0.221 e. The van der Waals surface area contributed by atoms with E-state index in [0.717, 1.165) is 0 Å². The Bertz CT molecular complexity index is 198. The average molecular weight is 228 g/mol. The number of hydrogen-bond acceptors (Lipinski definition) is 2. The molecule has 0 aromatic carbocycles. The van der Waals surface area contributed by atoms with Crippen LogP contribution >= 0.6 is 15.9 Å². The van der Waals surface area contributed by atoms with Crippen LogP contribution < -0.4 is 4.72 Å². The molecule has 0 saturated heterocycles. The molecule has 0 aliphatic heterocycles. The van der Waals surface area contributed by atoms with Crippen LogP contribution in [0.3, 0.4) is 0 Å². The third kappa shape index (κ3) is 2.98. The molecule has 0 bridgehead atoms. The standard InChI is InChI=1S/C5H10BrNO2S/c6-4-10(8,9)7-3-5-1-2-5/h5,7H,1-4H2. The second-order valence-electron chi connectivity index (χ2n) is 2.52. The molecular weight excluding hydrogens is 218 g/mol. The maximum absolute atomic E-state index is 10.8. The highest BCUT2D eigenvalue weighted by Crippen LogP contribution is 2.27. The van der Waals surface area contributed by atoms with Gasteiger partial charge in [-0.15, -0.1) is 0 Å². The van der Waals surface area contributed by atoms with Gasteiger partial charge in [-0.05, 0) is 18.8 Å². The van der Waals surface area contributed by atoms with Crippen LogP contribution in [0, 0.1) is 5.92 Å². The minimum Gasteiger partial charge on any atom is -0.214 e. The molecule has 1 fully saturated rings. The van der Waals surface area contributed by atoms with Crippen molar-refractivity contribution in [3.05, 3.63) is 0 Å². The van der Waals surface area contributed by atoms with Crippen molar-refractivity contribution in [1.82, 2.24) is 4.72 Å². The lowest BCUT2D eigenvalue weighted by Crippen LogP contribution is -2.26. The first kappa shape index (κ1) is 8.49. The van der Waals surface area contributed by atoms with Gasteiger partial charge in [0, 0.05) is 6.54 Å². The van der Waals surface area contributed by atoms with Crippen molar-refractivity contribution < 1.29 is 8.42 Å². The van der Waals surface area contributed by atoms with Gasteiger partial charge in [-0.2, -0.15) is 0 Å². The van der Waals surface area contributed by atoms with Gasteiger partial charge in [0.2, 0.25) is 10.0 Å². The fourth-order valence-electron chi connectivity index (χ4n) is 0.605. The van der Waals surface area contributed by atoms with E-state index in [9.17, 15) is 8.42 Å². The molecule has 10 heavy (non-hydrogen) atoms. The molecule has 1 N–H and O–H groups in total. The lowest BCUT2D eigenvalue weighted by atomic mass is 10.4. The van der Waals surface area contributed by atoms with E-state index < -0.39 is 10.0 Å². The number of rotatable bonds is 4. The Balaban J connectivity index is 2.22. The molecule has 0 heterocycles. The molecular formula is C5H10BrNO2S. The van der Waals surface area contributed by atoms with Crippen molar-refractivity contribution in [1.29, 1.82) is 0 Å². The van der Waals surface area contributed by atoms with Gasteiger partial charge in [-0.3, -0.25) is 0 Å². The normalized spacial score (nSPS) is 19.3. The predicted molar refractivity (Wildman–Crippen MR) is 43.4 cm³/mol. The minimum atomic E-state index is -3.01. The first-order chi connectivity index (χ1) is 4.64. The fourth-order valence-corrected chi connectivity index (χ4v) is 1.66. The number of halogens is 1. The molecule has 0 amide bonds. The molecule has 0 spiro atoms. The van der Waals surface area contributed by atoms with Crippen LogP contribution in [0.5, 0.6) is 0 Å². The first-order valence-corrected chi connectivity index (χ1v) is 5.95. The fraction of sp³-hybridized carbons (Fsp3) is 1.00. The molecule has 1 saturated carbocycles. The van der Waals surface area contributed by atoms with Gasteiger partial charge in [0.25, 0.3) is 0 Å². The summed E-state index contributed by atoms with van der Waals surface area (Å²) in [5, 5.41) is 0. The van der Waals surface area contributed by atoms with Gasteiger partial charge >= 0.3 is 0 Å². The lowest BCUT2D eigenvalue weighted by molar-refractivity contribution is 0.583. The second-order valence-corrected chi connectivity index (χ2v) is 5.63. The molecule has 1 aliphatic carbocycles. The van der Waals surface area contributed by atoms with Gasteiger partial charge in [0.1, 0.15) is 4.66 Å².